The Bertz CT molecular complexity index is 676. The van der Waals surface area contributed by atoms with Gasteiger partial charge in [0.05, 0.1) is 5.52 Å². The van der Waals surface area contributed by atoms with Crippen LogP contribution in [0.4, 0.5) is 4.39 Å². The molecule has 0 aliphatic heterocycles. The van der Waals surface area contributed by atoms with Crippen molar-refractivity contribution in [3.8, 4) is 5.75 Å². The van der Waals surface area contributed by atoms with Crippen molar-refractivity contribution in [3.05, 3.63) is 40.4 Å². The largest absolute Gasteiger partial charge is 0.481 e. The third-order valence-electron chi connectivity index (χ3n) is 2.61. The van der Waals surface area contributed by atoms with Crippen molar-refractivity contribution >= 4 is 16.7 Å². The van der Waals surface area contributed by atoms with Gasteiger partial charge in [0.1, 0.15) is 6.61 Å². The SMILES string of the molecule is CC(=O)COc1c(F)ccc2ccc(=O)n(C)c12. The number of aromatic nitrogens is 1. The highest BCUT2D eigenvalue weighted by molar-refractivity contribution is 5.85. The number of fused-ring (bicyclic) bond motifs is 1. The summed E-state index contributed by atoms with van der Waals surface area (Å²) < 4.78 is 20.2. The van der Waals surface area contributed by atoms with Gasteiger partial charge in [-0.1, -0.05) is 0 Å². The molecule has 94 valence electrons. The number of ether oxygens (including phenoxy) is 1. The Hall–Kier alpha value is -2.17. The van der Waals surface area contributed by atoms with Crippen molar-refractivity contribution in [2.75, 3.05) is 6.61 Å². The van der Waals surface area contributed by atoms with Crippen LogP contribution in [0.5, 0.6) is 5.75 Å². The molecular formula is C13H12FNO3. The van der Waals surface area contributed by atoms with Gasteiger partial charge in [-0.2, -0.15) is 0 Å². The first-order valence-electron chi connectivity index (χ1n) is 5.41. The second-order valence-electron chi connectivity index (χ2n) is 4.04. The predicted octanol–water partition coefficient (Wildman–Crippen LogP) is 1.65. The molecule has 0 N–H and O–H groups in total. The summed E-state index contributed by atoms with van der Waals surface area (Å²) in [5.74, 6) is -0.875. The Labute approximate surface area is 103 Å². The van der Waals surface area contributed by atoms with Crippen LogP contribution in [0, 0.1) is 5.82 Å². The van der Waals surface area contributed by atoms with E-state index in [1.807, 2.05) is 0 Å². The number of carbonyl (C=O) groups excluding carboxylic acids is 1. The molecule has 18 heavy (non-hydrogen) atoms. The molecule has 0 atom stereocenters. The van der Waals surface area contributed by atoms with Crippen LogP contribution in [0.2, 0.25) is 0 Å². The molecule has 4 nitrogen and oxygen atoms in total. The Morgan fingerprint density at radius 2 is 2.00 bits per heavy atom. The maximum atomic E-state index is 13.7. The molecule has 2 aromatic rings. The summed E-state index contributed by atoms with van der Waals surface area (Å²) in [6.07, 6.45) is 0. The summed E-state index contributed by atoms with van der Waals surface area (Å²) in [7, 11) is 1.53. The summed E-state index contributed by atoms with van der Waals surface area (Å²) >= 11 is 0. The maximum absolute atomic E-state index is 13.7. The number of pyridine rings is 1. The first-order chi connectivity index (χ1) is 8.50. The number of hydrogen-bond donors (Lipinski definition) is 0. The van der Waals surface area contributed by atoms with E-state index in [-0.39, 0.29) is 23.7 Å². The van der Waals surface area contributed by atoms with E-state index in [0.29, 0.717) is 10.9 Å². The highest BCUT2D eigenvalue weighted by Crippen LogP contribution is 2.27. The van der Waals surface area contributed by atoms with E-state index in [2.05, 4.69) is 0 Å². The van der Waals surface area contributed by atoms with Crippen molar-refractivity contribution in [2.45, 2.75) is 6.92 Å². The number of carbonyl (C=O) groups is 1. The monoisotopic (exact) mass is 249 g/mol. The zero-order valence-corrected chi connectivity index (χ0v) is 10.1. The van der Waals surface area contributed by atoms with Crippen LogP contribution >= 0.6 is 0 Å². The second kappa shape index (κ2) is 4.60. The number of ketones is 1. The summed E-state index contributed by atoms with van der Waals surface area (Å²) in [5, 5.41) is 0.678. The van der Waals surface area contributed by atoms with E-state index in [0.717, 1.165) is 0 Å². The zero-order valence-electron chi connectivity index (χ0n) is 10.1. The summed E-state index contributed by atoms with van der Waals surface area (Å²) in [6.45, 7) is 1.13. The standard InChI is InChI=1S/C13H12FNO3/c1-8(16)7-18-13-10(14)5-3-9-4-6-11(17)15(2)12(9)13/h3-6H,7H2,1-2H3. The van der Waals surface area contributed by atoms with Gasteiger partial charge in [-0.05, 0) is 25.1 Å². The molecule has 5 heteroatoms. The van der Waals surface area contributed by atoms with Crippen LogP contribution in [0.1, 0.15) is 6.92 Å². The topological polar surface area (TPSA) is 48.3 Å². The molecule has 1 heterocycles. The van der Waals surface area contributed by atoms with Gasteiger partial charge in [0, 0.05) is 18.5 Å². The Kier molecular flexibility index (Phi) is 3.14. The molecule has 0 bridgehead atoms. The Balaban J connectivity index is 2.68. The average molecular weight is 249 g/mol. The maximum Gasteiger partial charge on any atom is 0.250 e. The van der Waals surface area contributed by atoms with Gasteiger partial charge in [-0.15, -0.1) is 0 Å². The number of hydrogen-bond acceptors (Lipinski definition) is 3. The molecule has 0 saturated heterocycles. The van der Waals surface area contributed by atoms with Crippen LogP contribution in [0.3, 0.4) is 0 Å². The molecule has 0 spiro atoms. The van der Waals surface area contributed by atoms with Crippen molar-refractivity contribution in [1.82, 2.24) is 4.57 Å². The third kappa shape index (κ3) is 2.11. The lowest BCUT2D eigenvalue weighted by Crippen LogP contribution is -2.17. The van der Waals surface area contributed by atoms with E-state index in [9.17, 15) is 14.0 Å². The molecule has 0 radical (unpaired) electrons. The van der Waals surface area contributed by atoms with Gasteiger partial charge in [0.2, 0.25) is 0 Å². The average Bonchev–Trinajstić information content (AvgIpc) is 2.32. The first kappa shape index (κ1) is 12.3. The van der Waals surface area contributed by atoms with Crippen LogP contribution in [-0.2, 0) is 11.8 Å². The summed E-state index contributed by atoms with van der Waals surface area (Å²) in [5.41, 5.74) is 0.0875. The highest BCUT2D eigenvalue weighted by Gasteiger charge is 2.13. The molecule has 2 rings (SSSR count). The zero-order chi connectivity index (χ0) is 13.3. The highest BCUT2D eigenvalue weighted by atomic mass is 19.1. The fraction of sp³-hybridized carbons (Fsp3) is 0.231. The quantitative estimate of drug-likeness (QED) is 0.831. The van der Waals surface area contributed by atoms with E-state index in [4.69, 9.17) is 4.74 Å². The minimum absolute atomic E-state index is 0.0668. The molecule has 0 aliphatic rings. The number of Topliss-reactive ketones (excluding diaryl/α,β-unsaturated/α-hetero) is 1. The lowest BCUT2D eigenvalue weighted by atomic mass is 10.2. The molecule has 0 saturated carbocycles. The van der Waals surface area contributed by atoms with E-state index >= 15 is 0 Å². The smallest absolute Gasteiger partial charge is 0.250 e. The van der Waals surface area contributed by atoms with Crippen molar-refractivity contribution in [2.24, 2.45) is 7.05 Å². The molecule has 0 unspecified atom stereocenters. The van der Waals surface area contributed by atoms with E-state index in [1.165, 1.54) is 30.7 Å². The Morgan fingerprint density at radius 1 is 1.33 bits per heavy atom. The van der Waals surface area contributed by atoms with Crippen molar-refractivity contribution < 1.29 is 13.9 Å². The summed E-state index contributed by atoms with van der Waals surface area (Å²) in [6, 6.07) is 5.81. The number of rotatable bonds is 3. The Morgan fingerprint density at radius 3 is 2.67 bits per heavy atom. The van der Waals surface area contributed by atoms with E-state index in [1.54, 1.807) is 12.1 Å². The van der Waals surface area contributed by atoms with Crippen molar-refractivity contribution in [1.29, 1.82) is 0 Å². The van der Waals surface area contributed by atoms with Gasteiger partial charge in [0.15, 0.2) is 17.3 Å². The first-order valence-corrected chi connectivity index (χ1v) is 5.41. The minimum Gasteiger partial charge on any atom is -0.481 e. The van der Waals surface area contributed by atoms with Gasteiger partial charge in [0.25, 0.3) is 5.56 Å². The number of nitrogens with zero attached hydrogens (tertiary/aromatic N) is 1. The number of halogens is 1. The fourth-order valence-electron chi connectivity index (χ4n) is 1.74. The van der Waals surface area contributed by atoms with Gasteiger partial charge < -0.3 is 9.30 Å². The van der Waals surface area contributed by atoms with Crippen LogP contribution < -0.4 is 10.3 Å². The fourth-order valence-corrected chi connectivity index (χ4v) is 1.74. The van der Waals surface area contributed by atoms with Crippen LogP contribution in [0.25, 0.3) is 10.9 Å². The predicted molar refractivity (Wildman–Crippen MR) is 65.3 cm³/mol. The van der Waals surface area contributed by atoms with Gasteiger partial charge >= 0.3 is 0 Å². The number of aryl methyl sites for hydroxylation is 1. The van der Waals surface area contributed by atoms with Crippen LogP contribution in [0.15, 0.2) is 29.1 Å². The lowest BCUT2D eigenvalue weighted by Gasteiger charge is -2.11. The third-order valence-corrected chi connectivity index (χ3v) is 2.61. The number of benzene rings is 1. The normalized spacial score (nSPS) is 10.6. The molecule has 0 amide bonds. The molecular weight excluding hydrogens is 237 g/mol. The van der Waals surface area contributed by atoms with Crippen molar-refractivity contribution in [3.63, 3.8) is 0 Å². The minimum atomic E-state index is -0.593. The molecule has 1 aromatic carbocycles. The summed E-state index contributed by atoms with van der Waals surface area (Å²) in [4.78, 5) is 22.5. The lowest BCUT2D eigenvalue weighted by molar-refractivity contribution is -0.118. The molecule has 0 fully saturated rings. The molecule has 1 aromatic heterocycles. The second-order valence-corrected chi connectivity index (χ2v) is 4.04. The van der Waals surface area contributed by atoms with E-state index < -0.39 is 5.82 Å². The van der Waals surface area contributed by atoms with Crippen LogP contribution in [-0.4, -0.2) is 17.0 Å². The molecule has 0 aliphatic carbocycles. The van der Waals surface area contributed by atoms with Gasteiger partial charge in [-0.25, -0.2) is 4.39 Å². The van der Waals surface area contributed by atoms with Gasteiger partial charge in [-0.3, -0.25) is 9.59 Å².